The Bertz CT molecular complexity index is 1540. The molecule has 2 heterocycles. The lowest BCUT2D eigenvalue weighted by molar-refractivity contribution is 0.0683. The largest absolute Gasteiger partial charge is 0.477 e. The maximum Gasteiger partial charge on any atom is 0.341 e. The molecule has 0 aliphatic rings. The Morgan fingerprint density at radius 2 is 0.971 bits per heavy atom. The standard InChI is InChI=1S/C22H12F4N2O6/c23-13-3-9-17(5-15(13)25)27(7-11(19(9)29)21(31)32)1-2-28-8-12(22(33)34)20(30)10-4-14(24)16(26)6-18(10)28/h3-8H,1-2H2,(H,31,32)(H,33,34). The summed E-state index contributed by atoms with van der Waals surface area (Å²) in [6, 6.07) is 2.51. The summed E-state index contributed by atoms with van der Waals surface area (Å²) in [7, 11) is 0. The summed E-state index contributed by atoms with van der Waals surface area (Å²) in [6.45, 7) is -0.504. The van der Waals surface area contributed by atoms with E-state index < -0.39 is 68.0 Å². The third kappa shape index (κ3) is 3.68. The van der Waals surface area contributed by atoms with Gasteiger partial charge in [0.15, 0.2) is 23.3 Å². The van der Waals surface area contributed by atoms with E-state index in [0.717, 1.165) is 21.5 Å². The minimum Gasteiger partial charge on any atom is -0.477 e. The summed E-state index contributed by atoms with van der Waals surface area (Å²) >= 11 is 0. The fourth-order valence-electron chi connectivity index (χ4n) is 3.66. The molecule has 0 aliphatic carbocycles. The van der Waals surface area contributed by atoms with Gasteiger partial charge in [-0.15, -0.1) is 0 Å². The van der Waals surface area contributed by atoms with E-state index in [1.165, 1.54) is 0 Å². The van der Waals surface area contributed by atoms with Gasteiger partial charge in [0.2, 0.25) is 10.9 Å². The number of halogens is 4. The second-order valence-electron chi connectivity index (χ2n) is 7.31. The number of aromatic carboxylic acids is 2. The lowest BCUT2D eigenvalue weighted by atomic mass is 10.1. The first-order chi connectivity index (χ1) is 16.0. The van der Waals surface area contributed by atoms with Gasteiger partial charge in [0.1, 0.15) is 11.1 Å². The molecule has 4 rings (SSSR count). The van der Waals surface area contributed by atoms with Crippen molar-refractivity contribution in [1.29, 1.82) is 0 Å². The highest BCUT2D eigenvalue weighted by Crippen LogP contribution is 2.20. The van der Waals surface area contributed by atoms with E-state index in [1.54, 1.807) is 0 Å². The molecule has 0 unspecified atom stereocenters. The Morgan fingerprint density at radius 1 is 0.647 bits per heavy atom. The smallest absolute Gasteiger partial charge is 0.341 e. The van der Waals surface area contributed by atoms with Crippen LogP contribution in [0.15, 0.2) is 46.2 Å². The summed E-state index contributed by atoms with van der Waals surface area (Å²) in [5.41, 5.74) is -3.87. The van der Waals surface area contributed by atoms with Crippen LogP contribution in [0.5, 0.6) is 0 Å². The number of fused-ring (bicyclic) bond motifs is 2. The van der Waals surface area contributed by atoms with E-state index in [0.29, 0.717) is 24.3 Å². The molecule has 0 saturated carbocycles. The minimum absolute atomic E-state index is 0.157. The van der Waals surface area contributed by atoms with E-state index in [4.69, 9.17) is 0 Å². The van der Waals surface area contributed by atoms with E-state index in [-0.39, 0.29) is 24.1 Å². The van der Waals surface area contributed by atoms with Gasteiger partial charge in [-0.2, -0.15) is 0 Å². The molecule has 174 valence electrons. The highest BCUT2D eigenvalue weighted by Gasteiger charge is 2.19. The SMILES string of the molecule is O=C(O)c1cn(CCn2cc(C(=O)O)c(=O)c3cc(F)c(F)cc32)c2cc(F)c(F)cc2c1=O. The zero-order chi connectivity index (χ0) is 24.9. The van der Waals surface area contributed by atoms with Crippen LogP contribution in [0.25, 0.3) is 21.8 Å². The van der Waals surface area contributed by atoms with Crippen LogP contribution in [0.4, 0.5) is 17.6 Å². The van der Waals surface area contributed by atoms with Crippen LogP contribution in [0.2, 0.25) is 0 Å². The highest BCUT2D eigenvalue weighted by atomic mass is 19.2. The molecule has 0 bridgehead atoms. The second kappa shape index (κ2) is 8.14. The third-order valence-electron chi connectivity index (χ3n) is 5.29. The van der Waals surface area contributed by atoms with Gasteiger partial charge in [0.05, 0.1) is 11.0 Å². The lowest BCUT2D eigenvalue weighted by Crippen LogP contribution is -2.22. The first-order valence-corrected chi connectivity index (χ1v) is 9.50. The summed E-state index contributed by atoms with van der Waals surface area (Å²) in [4.78, 5) is 47.8. The molecule has 8 nitrogen and oxygen atoms in total. The molecule has 0 atom stereocenters. The molecule has 2 N–H and O–H groups in total. The molecule has 4 aromatic rings. The Labute approximate surface area is 185 Å². The van der Waals surface area contributed by atoms with Crippen LogP contribution in [0.1, 0.15) is 20.7 Å². The molecule has 2 aromatic carbocycles. The number of carboxylic acids is 2. The van der Waals surface area contributed by atoms with Crippen molar-refractivity contribution in [2.75, 3.05) is 0 Å². The number of hydrogen-bond donors (Lipinski definition) is 2. The number of aromatic nitrogens is 2. The van der Waals surface area contributed by atoms with E-state index >= 15 is 0 Å². The van der Waals surface area contributed by atoms with Gasteiger partial charge in [-0.05, 0) is 12.1 Å². The number of pyridine rings is 2. The zero-order valence-corrected chi connectivity index (χ0v) is 16.8. The van der Waals surface area contributed by atoms with Crippen LogP contribution in [-0.4, -0.2) is 31.3 Å². The molecule has 12 heteroatoms. The summed E-state index contributed by atoms with van der Waals surface area (Å²) in [5.74, 6) is -8.58. The molecule has 0 amide bonds. The molecule has 0 aliphatic heterocycles. The molecular weight excluding hydrogens is 464 g/mol. The molecular formula is C22H12F4N2O6. The number of nitrogens with zero attached hydrogens (tertiary/aromatic N) is 2. The highest BCUT2D eigenvalue weighted by molar-refractivity contribution is 5.93. The Balaban J connectivity index is 1.92. The van der Waals surface area contributed by atoms with Crippen molar-refractivity contribution in [3.8, 4) is 0 Å². The fraction of sp³-hybridized carbons (Fsp3) is 0.0909. The van der Waals surface area contributed by atoms with Gasteiger partial charge in [0.25, 0.3) is 0 Å². The zero-order valence-electron chi connectivity index (χ0n) is 16.8. The Hall–Kier alpha value is -4.48. The molecule has 0 spiro atoms. The topological polar surface area (TPSA) is 119 Å². The van der Waals surface area contributed by atoms with Crippen molar-refractivity contribution < 1.29 is 37.4 Å². The molecule has 0 fully saturated rings. The average Bonchev–Trinajstić information content (AvgIpc) is 2.76. The normalized spacial score (nSPS) is 11.3. The van der Waals surface area contributed by atoms with Gasteiger partial charge in [-0.3, -0.25) is 9.59 Å². The van der Waals surface area contributed by atoms with Gasteiger partial charge in [-0.1, -0.05) is 0 Å². The number of hydrogen-bond acceptors (Lipinski definition) is 4. The lowest BCUT2D eigenvalue weighted by Gasteiger charge is -2.16. The molecule has 34 heavy (non-hydrogen) atoms. The molecule has 0 radical (unpaired) electrons. The number of aryl methyl sites for hydroxylation is 2. The summed E-state index contributed by atoms with van der Waals surface area (Å²) in [6.07, 6.45) is 1.79. The number of rotatable bonds is 5. The monoisotopic (exact) mass is 476 g/mol. The predicted molar refractivity (Wildman–Crippen MR) is 110 cm³/mol. The van der Waals surface area contributed by atoms with Crippen LogP contribution < -0.4 is 10.9 Å². The first-order valence-electron chi connectivity index (χ1n) is 9.50. The van der Waals surface area contributed by atoms with Crippen molar-refractivity contribution >= 4 is 33.7 Å². The van der Waals surface area contributed by atoms with Crippen molar-refractivity contribution in [1.82, 2.24) is 9.13 Å². The van der Waals surface area contributed by atoms with Crippen LogP contribution in [0.3, 0.4) is 0 Å². The van der Waals surface area contributed by atoms with Gasteiger partial charge in [-0.25, -0.2) is 27.2 Å². The van der Waals surface area contributed by atoms with Gasteiger partial charge in [0, 0.05) is 48.4 Å². The quantitative estimate of drug-likeness (QED) is 0.428. The second-order valence-corrected chi connectivity index (χ2v) is 7.31. The maximum absolute atomic E-state index is 13.9. The van der Waals surface area contributed by atoms with Crippen LogP contribution in [0, 0.1) is 23.3 Å². The van der Waals surface area contributed by atoms with Crippen molar-refractivity contribution in [2.24, 2.45) is 0 Å². The average molecular weight is 476 g/mol. The van der Waals surface area contributed by atoms with Crippen LogP contribution >= 0.6 is 0 Å². The summed E-state index contributed by atoms with van der Waals surface area (Å²) < 4.78 is 57.4. The van der Waals surface area contributed by atoms with Gasteiger partial charge >= 0.3 is 11.9 Å². The predicted octanol–water partition coefficient (Wildman–Crippen LogP) is 2.97. The number of carboxylic acid groups (broad SMARTS) is 2. The number of carbonyl (C=O) groups is 2. The van der Waals surface area contributed by atoms with E-state index in [9.17, 15) is 47.0 Å². The third-order valence-corrected chi connectivity index (χ3v) is 5.29. The summed E-state index contributed by atoms with van der Waals surface area (Å²) in [5, 5.41) is 17.8. The van der Waals surface area contributed by atoms with Crippen molar-refractivity contribution in [2.45, 2.75) is 13.1 Å². The van der Waals surface area contributed by atoms with Crippen molar-refractivity contribution in [3.63, 3.8) is 0 Å². The Morgan fingerprint density at radius 3 is 1.29 bits per heavy atom. The first kappa shape index (κ1) is 22.7. The molecule has 0 saturated heterocycles. The van der Waals surface area contributed by atoms with Crippen LogP contribution in [-0.2, 0) is 13.1 Å². The fourth-order valence-corrected chi connectivity index (χ4v) is 3.66. The van der Waals surface area contributed by atoms with Gasteiger partial charge < -0.3 is 19.3 Å². The Kier molecular flexibility index (Phi) is 5.43. The minimum atomic E-state index is -1.62. The maximum atomic E-state index is 13.9. The van der Waals surface area contributed by atoms with E-state index in [1.807, 2.05) is 0 Å². The van der Waals surface area contributed by atoms with Crippen molar-refractivity contribution in [3.05, 3.63) is 91.5 Å². The number of benzene rings is 2. The molecule has 2 aromatic heterocycles. The van der Waals surface area contributed by atoms with E-state index in [2.05, 4.69) is 0 Å².